The highest BCUT2D eigenvalue weighted by atomic mass is 16.4. The molecule has 1 aliphatic rings. The van der Waals surface area contributed by atoms with Gasteiger partial charge in [-0.1, -0.05) is 12.1 Å². The van der Waals surface area contributed by atoms with Crippen molar-refractivity contribution >= 4 is 17.1 Å². The lowest BCUT2D eigenvalue weighted by Crippen LogP contribution is -2.13. The van der Waals surface area contributed by atoms with Crippen molar-refractivity contribution in [1.29, 1.82) is 0 Å². The molecule has 0 atom stereocenters. The number of rotatable bonds is 3. The summed E-state index contributed by atoms with van der Waals surface area (Å²) in [6.45, 7) is 1.81. The van der Waals surface area contributed by atoms with Gasteiger partial charge in [0.1, 0.15) is 5.52 Å². The molecule has 0 saturated heterocycles. The summed E-state index contributed by atoms with van der Waals surface area (Å²) in [6, 6.07) is 5.77. The van der Waals surface area contributed by atoms with Crippen LogP contribution in [-0.2, 0) is 10.2 Å². The van der Waals surface area contributed by atoms with Crippen molar-refractivity contribution in [2.45, 2.75) is 31.6 Å². The summed E-state index contributed by atoms with van der Waals surface area (Å²) in [7, 11) is 0. The molecule has 1 aromatic carbocycles. The third-order valence-corrected chi connectivity index (χ3v) is 3.44. The van der Waals surface area contributed by atoms with Crippen LogP contribution in [0, 0.1) is 6.92 Å². The Bertz CT molecular complexity index is 596. The molecule has 3 rings (SSSR count). The zero-order chi connectivity index (χ0) is 12.0. The van der Waals surface area contributed by atoms with E-state index in [1.807, 2.05) is 18.2 Å². The molecule has 2 aromatic rings. The first kappa shape index (κ1) is 10.3. The Hall–Kier alpha value is -1.84. The van der Waals surface area contributed by atoms with Crippen LogP contribution >= 0.6 is 0 Å². The molecule has 0 amide bonds. The maximum Gasteiger partial charge on any atom is 0.304 e. The number of carboxylic acid groups (broad SMARTS) is 1. The number of aryl methyl sites for hydroxylation is 1. The van der Waals surface area contributed by atoms with Gasteiger partial charge in [-0.25, -0.2) is 4.98 Å². The van der Waals surface area contributed by atoms with Crippen molar-refractivity contribution in [2.75, 3.05) is 0 Å². The van der Waals surface area contributed by atoms with Gasteiger partial charge in [-0.3, -0.25) is 4.79 Å². The van der Waals surface area contributed by atoms with E-state index in [0.29, 0.717) is 5.89 Å². The number of nitrogens with zero attached hydrogens (tertiary/aromatic N) is 1. The van der Waals surface area contributed by atoms with Crippen molar-refractivity contribution in [3.05, 3.63) is 29.7 Å². The van der Waals surface area contributed by atoms with E-state index in [9.17, 15) is 4.79 Å². The van der Waals surface area contributed by atoms with Crippen LogP contribution in [0.15, 0.2) is 22.6 Å². The zero-order valence-corrected chi connectivity index (χ0v) is 9.56. The molecule has 88 valence electrons. The largest absolute Gasteiger partial charge is 0.481 e. The number of aromatic nitrogens is 1. The van der Waals surface area contributed by atoms with E-state index in [4.69, 9.17) is 9.52 Å². The summed E-state index contributed by atoms with van der Waals surface area (Å²) in [5.74, 6) is -0.130. The smallest absolute Gasteiger partial charge is 0.304 e. The van der Waals surface area contributed by atoms with Gasteiger partial charge in [-0.15, -0.1) is 0 Å². The highest BCUT2D eigenvalue weighted by molar-refractivity contribution is 5.80. The van der Waals surface area contributed by atoms with Gasteiger partial charge in [0.05, 0.1) is 6.42 Å². The van der Waals surface area contributed by atoms with Crippen LogP contribution < -0.4 is 0 Å². The van der Waals surface area contributed by atoms with Gasteiger partial charge in [0, 0.05) is 17.9 Å². The lowest BCUT2D eigenvalue weighted by Gasteiger charge is -2.12. The van der Waals surface area contributed by atoms with E-state index in [1.165, 1.54) is 0 Å². The molecule has 0 spiro atoms. The molecule has 1 saturated carbocycles. The second-order valence-corrected chi connectivity index (χ2v) is 4.74. The van der Waals surface area contributed by atoms with E-state index in [2.05, 4.69) is 4.98 Å². The number of benzene rings is 1. The Kier molecular flexibility index (Phi) is 2.02. The third-order valence-electron chi connectivity index (χ3n) is 3.44. The molecule has 0 aliphatic heterocycles. The van der Waals surface area contributed by atoms with E-state index < -0.39 is 5.97 Å². The number of carbonyl (C=O) groups is 1. The number of para-hydroxylation sites is 1. The first-order valence-electron chi connectivity index (χ1n) is 5.69. The Morgan fingerprint density at radius 3 is 2.94 bits per heavy atom. The topological polar surface area (TPSA) is 63.3 Å². The summed E-state index contributed by atoms with van der Waals surface area (Å²) in [5.41, 5.74) is 2.34. The summed E-state index contributed by atoms with van der Waals surface area (Å²) in [4.78, 5) is 15.2. The number of fused-ring (bicyclic) bond motifs is 1. The first-order valence-corrected chi connectivity index (χ1v) is 5.69. The Morgan fingerprint density at radius 2 is 2.29 bits per heavy atom. The standard InChI is InChI=1S/C13H13NO3/c1-8-14-10-4-2-3-9(12(10)17-8)13(5-6-13)7-11(15)16/h2-4H,5-7H2,1H3,(H,15,16). The Labute approximate surface area is 98.3 Å². The minimum absolute atomic E-state index is 0.172. The molecule has 4 nitrogen and oxygen atoms in total. The molecule has 0 unspecified atom stereocenters. The van der Waals surface area contributed by atoms with E-state index in [0.717, 1.165) is 29.5 Å². The molecule has 0 bridgehead atoms. The van der Waals surface area contributed by atoms with Crippen molar-refractivity contribution in [3.63, 3.8) is 0 Å². The minimum Gasteiger partial charge on any atom is -0.481 e. The van der Waals surface area contributed by atoms with E-state index in [1.54, 1.807) is 6.92 Å². The van der Waals surface area contributed by atoms with Gasteiger partial charge in [0.25, 0.3) is 0 Å². The molecule has 0 radical (unpaired) electrons. The molecular formula is C13H13NO3. The van der Waals surface area contributed by atoms with Crippen LogP contribution in [0.5, 0.6) is 0 Å². The van der Waals surface area contributed by atoms with Gasteiger partial charge in [-0.05, 0) is 18.9 Å². The average Bonchev–Trinajstić information content (AvgIpc) is 2.90. The summed E-state index contributed by atoms with van der Waals surface area (Å²) in [5, 5.41) is 8.98. The van der Waals surface area contributed by atoms with E-state index in [-0.39, 0.29) is 11.8 Å². The molecule has 1 aromatic heterocycles. The van der Waals surface area contributed by atoms with Crippen LogP contribution in [0.3, 0.4) is 0 Å². The average molecular weight is 231 g/mol. The molecule has 4 heteroatoms. The van der Waals surface area contributed by atoms with Gasteiger partial charge in [0.15, 0.2) is 11.5 Å². The van der Waals surface area contributed by atoms with Crippen LogP contribution in [-0.4, -0.2) is 16.1 Å². The van der Waals surface area contributed by atoms with Crippen LogP contribution in [0.25, 0.3) is 11.1 Å². The maximum absolute atomic E-state index is 10.9. The predicted molar refractivity (Wildman–Crippen MR) is 61.9 cm³/mol. The summed E-state index contributed by atoms with van der Waals surface area (Å²) >= 11 is 0. The number of hydrogen-bond acceptors (Lipinski definition) is 3. The lowest BCUT2D eigenvalue weighted by atomic mass is 9.92. The van der Waals surface area contributed by atoms with Crippen molar-refractivity contribution < 1.29 is 14.3 Å². The first-order chi connectivity index (χ1) is 8.11. The molecule has 1 N–H and O–H groups in total. The van der Waals surface area contributed by atoms with Crippen LogP contribution in [0.2, 0.25) is 0 Å². The molecular weight excluding hydrogens is 218 g/mol. The maximum atomic E-state index is 10.9. The minimum atomic E-state index is -0.754. The fraction of sp³-hybridized carbons (Fsp3) is 0.385. The van der Waals surface area contributed by atoms with Gasteiger partial charge < -0.3 is 9.52 Å². The van der Waals surface area contributed by atoms with Gasteiger partial charge >= 0.3 is 5.97 Å². The van der Waals surface area contributed by atoms with Crippen molar-refractivity contribution in [1.82, 2.24) is 4.98 Å². The normalized spacial score (nSPS) is 17.2. The zero-order valence-electron chi connectivity index (χ0n) is 9.56. The fourth-order valence-corrected chi connectivity index (χ4v) is 2.46. The van der Waals surface area contributed by atoms with Crippen LogP contribution in [0.1, 0.15) is 30.7 Å². The second kappa shape index (κ2) is 3.32. The highest BCUT2D eigenvalue weighted by Crippen LogP contribution is 2.52. The second-order valence-electron chi connectivity index (χ2n) is 4.74. The van der Waals surface area contributed by atoms with Gasteiger partial charge in [-0.2, -0.15) is 0 Å². The van der Waals surface area contributed by atoms with Crippen LogP contribution in [0.4, 0.5) is 0 Å². The Balaban J connectivity index is 2.14. The van der Waals surface area contributed by atoms with E-state index >= 15 is 0 Å². The number of hydrogen-bond donors (Lipinski definition) is 1. The van der Waals surface area contributed by atoms with Crippen molar-refractivity contribution in [2.24, 2.45) is 0 Å². The number of oxazole rings is 1. The molecule has 1 aliphatic carbocycles. The number of aliphatic carboxylic acids is 1. The molecule has 1 heterocycles. The molecule has 1 fully saturated rings. The SMILES string of the molecule is Cc1nc2cccc(C3(CC(=O)O)CC3)c2o1. The highest BCUT2D eigenvalue weighted by Gasteiger charge is 2.47. The molecule has 17 heavy (non-hydrogen) atoms. The summed E-state index contributed by atoms with van der Waals surface area (Å²) in [6.07, 6.45) is 2.00. The lowest BCUT2D eigenvalue weighted by molar-refractivity contribution is -0.137. The quantitative estimate of drug-likeness (QED) is 0.882. The van der Waals surface area contributed by atoms with Crippen molar-refractivity contribution in [3.8, 4) is 0 Å². The predicted octanol–water partition coefficient (Wildman–Crippen LogP) is 2.64. The summed E-state index contributed by atoms with van der Waals surface area (Å²) < 4.78 is 5.60. The fourth-order valence-electron chi connectivity index (χ4n) is 2.46. The number of carboxylic acids is 1. The Morgan fingerprint density at radius 1 is 1.53 bits per heavy atom. The third kappa shape index (κ3) is 1.60. The van der Waals surface area contributed by atoms with Gasteiger partial charge in [0.2, 0.25) is 0 Å². The monoisotopic (exact) mass is 231 g/mol.